The third kappa shape index (κ3) is 3.90. The number of rotatable bonds is 5. The van der Waals surface area contributed by atoms with E-state index in [1.165, 1.54) is 0 Å². The second-order valence-corrected chi connectivity index (χ2v) is 5.55. The molecule has 0 spiro atoms. The summed E-state index contributed by atoms with van der Waals surface area (Å²) < 4.78 is 13.0. The number of hydrogen-bond donors (Lipinski definition) is 0. The van der Waals surface area contributed by atoms with Gasteiger partial charge in [-0.05, 0) is 18.2 Å². The average molecular weight is 315 g/mol. The highest BCUT2D eigenvalue weighted by atomic mass is 16.5. The quantitative estimate of drug-likeness (QED) is 0.843. The minimum atomic E-state index is -0.0462. The summed E-state index contributed by atoms with van der Waals surface area (Å²) in [5.74, 6) is 0.849. The standard InChI is InChI=1S/C17H21N3O3/c1-22-16-12-19(11-14-7-9-18-20(14)13-16)17(21)8-10-23-15-5-3-2-4-6-15/h2-7,9,16H,8,10-13H2,1H3. The Kier molecular flexibility index (Phi) is 4.92. The van der Waals surface area contributed by atoms with E-state index in [0.29, 0.717) is 32.7 Å². The van der Waals surface area contributed by atoms with E-state index < -0.39 is 0 Å². The van der Waals surface area contributed by atoms with Crippen LogP contribution in [0.4, 0.5) is 0 Å². The van der Waals surface area contributed by atoms with Gasteiger partial charge in [0, 0.05) is 19.9 Å². The Balaban J connectivity index is 1.58. The van der Waals surface area contributed by atoms with Crippen molar-refractivity contribution in [2.24, 2.45) is 0 Å². The number of nitrogens with zero attached hydrogens (tertiary/aromatic N) is 3. The van der Waals surface area contributed by atoms with Crippen LogP contribution in [0.1, 0.15) is 12.1 Å². The molecule has 1 aromatic carbocycles. The summed E-state index contributed by atoms with van der Waals surface area (Å²) >= 11 is 0. The van der Waals surface area contributed by atoms with Crippen molar-refractivity contribution >= 4 is 5.91 Å². The van der Waals surface area contributed by atoms with Crippen LogP contribution >= 0.6 is 0 Å². The van der Waals surface area contributed by atoms with Crippen molar-refractivity contribution in [1.82, 2.24) is 14.7 Å². The number of hydrogen-bond acceptors (Lipinski definition) is 4. The van der Waals surface area contributed by atoms with Gasteiger partial charge in [0.05, 0.1) is 37.9 Å². The number of carbonyl (C=O) groups is 1. The number of carbonyl (C=O) groups excluding carboxylic acids is 1. The molecule has 1 aromatic heterocycles. The normalized spacial score (nSPS) is 17.4. The van der Waals surface area contributed by atoms with Crippen molar-refractivity contribution < 1.29 is 14.3 Å². The van der Waals surface area contributed by atoms with Crippen molar-refractivity contribution in [2.45, 2.75) is 25.6 Å². The molecule has 1 amide bonds. The lowest BCUT2D eigenvalue weighted by atomic mass is 10.3. The lowest BCUT2D eigenvalue weighted by Crippen LogP contribution is -2.37. The fourth-order valence-corrected chi connectivity index (χ4v) is 2.69. The Morgan fingerprint density at radius 3 is 2.87 bits per heavy atom. The first-order valence-electron chi connectivity index (χ1n) is 7.75. The van der Waals surface area contributed by atoms with Crippen molar-refractivity contribution in [2.75, 3.05) is 20.3 Å². The van der Waals surface area contributed by atoms with Crippen LogP contribution in [0.15, 0.2) is 42.6 Å². The maximum absolute atomic E-state index is 12.5. The molecule has 6 nitrogen and oxygen atoms in total. The molecule has 23 heavy (non-hydrogen) atoms. The SMILES string of the molecule is COC1CN(C(=O)CCOc2ccccc2)Cc2ccnn2C1. The van der Waals surface area contributed by atoms with E-state index >= 15 is 0 Å². The van der Waals surface area contributed by atoms with Crippen LogP contribution in [0.25, 0.3) is 0 Å². The van der Waals surface area contributed by atoms with Gasteiger partial charge in [-0.1, -0.05) is 18.2 Å². The molecule has 0 fully saturated rings. The van der Waals surface area contributed by atoms with Crippen molar-refractivity contribution in [3.8, 4) is 5.75 Å². The topological polar surface area (TPSA) is 56.6 Å². The van der Waals surface area contributed by atoms with Gasteiger partial charge in [0.1, 0.15) is 5.75 Å². The molecule has 0 N–H and O–H groups in total. The Hall–Kier alpha value is -2.34. The summed E-state index contributed by atoms with van der Waals surface area (Å²) in [5, 5.41) is 4.28. The van der Waals surface area contributed by atoms with E-state index in [-0.39, 0.29) is 12.0 Å². The Bertz CT molecular complexity index is 642. The van der Waals surface area contributed by atoms with E-state index in [9.17, 15) is 4.79 Å². The summed E-state index contributed by atoms with van der Waals surface area (Å²) in [6, 6.07) is 11.5. The Morgan fingerprint density at radius 1 is 1.26 bits per heavy atom. The molecular formula is C17H21N3O3. The van der Waals surface area contributed by atoms with Crippen LogP contribution in [0.3, 0.4) is 0 Å². The summed E-state index contributed by atoms with van der Waals surface area (Å²) in [7, 11) is 1.67. The zero-order chi connectivity index (χ0) is 16.1. The third-order valence-electron chi connectivity index (χ3n) is 3.97. The lowest BCUT2D eigenvalue weighted by Gasteiger charge is -2.23. The van der Waals surface area contributed by atoms with Crippen LogP contribution in [0.2, 0.25) is 0 Å². The number of benzene rings is 1. The minimum absolute atomic E-state index is 0.0462. The van der Waals surface area contributed by atoms with E-state index in [1.54, 1.807) is 13.3 Å². The van der Waals surface area contributed by atoms with Gasteiger partial charge in [0.2, 0.25) is 5.91 Å². The Labute approximate surface area is 135 Å². The largest absolute Gasteiger partial charge is 0.493 e. The summed E-state index contributed by atoms with van der Waals surface area (Å²) in [6.45, 7) is 2.17. The van der Waals surface area contributed by atoms with Crippen LogP contribution in [-0.2, 0) is 22.6 Å². The second kappa shape index (κ2) is 7.28. The lowest BCUT2D eigenvalue weighted by molar-refractivity contribution is -0.133. The minimum Gasteiger partial charge on any atom is -0.493 e. The van der Waals surface area contributed by atoms with Gasteiger partial charge in [-0.3, -0.25) is 9.48 Å². The third-order valence-corrected chi connectivity index (χ3v) is 3.97. The van der Waals surface area contributed by atoms with Crippen molar-refractivity contribution in [3.63, 3.8) is 0 Å². The van der Waals surface area contributed by atoms with Crippen molar-refractivity contribution in [1.29, 1.82) is 0 Å². The van der Waals surface area contributed by atoms with Crippen LogP contribution in [0, 0.1) is 0 Å². The Morgan fingerprint density at radius 2 is 2.09 bits per heavy atom. The molecule has 2 aromatic rings. The molecule has 0 aliphatic carbocycles. The number of fused-ring (bicyclic) bond motifs is 1. The maximum Gasteiger partial charge on any atom is 0.226 e. The first kappa shape index (κ1) is 15.6. The van der Waals surface area contributed by atoms with Gasteiger partial charge in [-0.2, -0.15) is 5.10 Å². The highest BCUT2D eigenvalue weighted by molar-refractivity contribution is 5.76. The highest BCUT2D eigenvalue weighted by Crippen LogP contribution is 2.15. The smallest absolute Gasteiger partial charge is 0.226 e. The van der Waals surface area contributed by atoms with Gasteiger partial charge in [-0.15, -0.1) is 0 Å². The number of aromatic nitrogens is 2. The zero-order valence-electron chi connectivity index (χ0n) is 13.2. The maximum atomic E-state index is 12.5. The molecule has 6 heteroatoms. The highest BCUT2D eigenvalue weighted by Gasteiger charge is 2.25. The number of para-hydroxylation sites is 1. The van der Waals surface area contributed by atoms with E-state index in [0.717, 1.165) is 11.4 Å². The first-order valence-corrected chi connectivity index (χ1v) is 7.75. The zero-order valence-corrected chi connectivity index (χ0v) is 13.2. The molecule has 1 aliphatic rings. The second-order valence-electron chi connectivity index (χ2n) is 5.55. The molecule has 0 saturated carbocycles. The van der Waals surface area contributed by atoms with E-state index in [4.69, 9.17) is 9.47 Å². The number of amides is 1. The predicted octanol–water partition coefficient (Wildman–Crippen LogP) is 1.71. The van der Waals surface area contributed by atoms with Gasteiger partial charge < -0.3 is 14.4 Å². The molecule has 0 saturated heterocycles. The molecular weight excluding hydrogens is 294 g/mol. The number of ether oxygens (including phenoxy) is 2. The fraction of sp³-hybridized carbons (Fsp3) is 0.412. The van der Waals surface area contributed by atoms with Gasteiger partial charge in [0.15, 0.2) is 0 Å². The first-order chi connectivity index (χ1) is 11.3. The van der Waals surface area contributed by atoms with Gasteiger partial charge in [-0.25, -0.2) is 0 Å². The van der Waals surface area contributed by atoms with Gasteiger partial charge in [0.25, 0.3) is 0 Å². The van der Waals surface area contributed by atoms with Crippen molar-refractivity contribution in [3.05, 3.63) is 48.3 Å². The molecule has 122 valence electrons. The van der Waals surface area contributed by atoms with Crippen LogP contribution in [0.5, 0.6) is 5.75 Å². The molecule has 1 atom stereocenters. The molecule has 1 unspecified atom stereocenters. The summed E-state index contributed by atoms with van der Waals surface area (Å²) in [4.78, 5) is 14.3. The molecule has 1 aliphatic heterocycles. The average Bonchev–Trinajstić information content (AvgIpc) is 2.93. The van der Waals surface area contributed by atoms with Gasteiger partial charge >= 0.3 is 0 Å². The summed E-state index contributed by atoms with van der Waals surface area (Å²) in [6.07, 6.45) is 2.06. The number of methoxy groups -OCH3 is 1. The fourth-order valence-electron chi connectivity index (χ4n) is 2.69. The molecule has 0 bridgehead atoms. The molecule has 2 heterocycles. The monoisotopic (exact) mass is 315 g/mol. The van der Waals surface area contributed by atoms with Crippen LogP contribution in [-0.4, -0.2) is 47.0 Å². The predicted molar refractivity (Wildman–Crippen MR) is 85.0 cm³/mol. The molecule has 3 rings (SSSR count). The van der Waals surface area contributed by atoms with Crippen LogP contribution < -0.4 is 4.74 Å². The molecule has 0 radical (unpaired) electrons. The van der Waals surface area contributed by atoms with E-state index in [1.807, 2.05) is 46.0 Å². The summed E-state index contributed by atoms with van der Waals surface area (Å²) in [5.41, 5.74) is 1.03. The van der Waals surface area contributed by atoms with E-state index in [2.05, 4.69) is 5.10 Å².